The minimum absolute atomic E-state index is 0.0910. The molecule has 0 bridgehead atoms. The first-order valence-corrected chi connectivity index (χ1v) is 10.9. The minimum atomic E-state index is -0.947. The van der Waals surface area contributed by atoms with E-state index in [4.69, 9.17) is 4.74 Å². The molecule has 0 saturated carbocycles. The van der Waals surface area contributed by atoms with Crippen molar-refractivity contribution in [2.24, 2.45) is 0 Å². The van der Waals surface area contributed by atoms with Crippen LogP contribution in [0.1, 0.15) is 59.2 Å². The molecule has 9 heteroatoms. The van der Waals surface area contributed by atoms with Crippen LogP contribution in [-0.2, 0) is 14.3 Å². The number of hydrogen-bond acceptors (Lipinski definition) is 7. The Kier molecular flexibility index (Phi) is 5.02. The number of carbonyl (C=O) groups is 4. The van der Waals surface area contributed by atoms with Crippen LogP contribution in [0.3, 0.4) is 0 Å². The molecule has 4 aliphatic rings. The van der Waals surface area contributed by atoms with E-state index in [1.807, 2.05) is 6.07 Å². The summed E-state index contributed by atoms with van der Waals surface area (Å²) in [6, 6.07) is 4.43. The van der Waals surface area contributed by atoms with Gasteiger partial charge in [0.2, 0.25) is 11.8 Å². The topological polar surface area (TPSA) is 117 Å². The zero-order valence-corrected chi connectivity index (χ0v) is 17.2. The fourth-order valence-corrected chi connectivity index (χ4v) is 5.18. The Morgan fingerprint density at radius 1 is 1.03 bits per heavy atom. The second kappa shape index (κ2) is 7.72. The van der Waals surface area contributed by atoms with Crippen LogP contribution in [0.25, 0.3) is 0 Å². The molecular formula is C22H26N4O5. The van der Waals surface area contributed by atoms with Gasteiger partial charge in [-0.25, -0.2) is 0 Å². The Labute approximate surface area is 179 Å². The molecule has 1 spiro atoms. The number of nitrogens with zero attached hydrogens (tertiary/aromatic N) is 1. The third-order valence-electron chi connectivity index (χ3n) is 6.82. The number of ether oxygens (including phenoxy) is 1. The van der Waals surface area contributed by atoms with Crippen molar-refractivity contribution in [2.75, 3.05) is 25.0 Å². The van der Waals surface area contributed by atoms with Gasteiger partial charge in [-0.1, -0.05) is 0 Å². The number of carbonyl (C=O) groups excluding carboxylic acids is 4. The lowest BCUT2D eigenvalue weighted by molar-refractivity contribution is -0.136. The van der Waals surface area contributed by atoms with Crippen LogP contribution in [0.5, 0.6) is 0 Å². The van der Waals surface area contributed by atoms with Crippen molar-refractivity contribution in [1.82, 2.24) is 15.5 Å². The highest BCUT2D eigenvalue weighted by atomic mass is 16.5. The number of fused-ring (bicyclic) bond motifs is 1. The first-order chi connectivity index (χ1) is 15.0. The third-order valence-corrected chi connectivity index (χ3v) is 6.82. The Balaban J connectivity index is 1.32. The average molecular weight is 426 g/mol. The molecule has 0 aliphatic carbocycles. The number of benzene rings is 1. The first-order valence-electron chi connectivity index (χ1n) is 10.9. The molecule has 4 aliphatic heterocycles. The largest absolute Gasteiger partial charge is 0.382 e. The molecule has 0 aromatic heterocycles. The lowest BCUT2D eigenvalue weighted by atomic mass is 9.83. The fraction of sp³-hybridized carbons (Fsp3) is 0.545. The lowest BCUT2D eigenvalue weighted by Crippen LogP contribution is -2.54. The highest BCUT2D eigenvalue weighted by Gasteiger charge is 2.45. The maximum atomic E-state index is 13.0. The quantitative estimate of drug-likeness (QED) is 0.612. The van der Waals surface area contributed by atoms with Crippen molar-refractivity contribution in [3.63, 3.8) is 0 Å². The van der Waals surface area contributed by atoms with Crippen molar-refractivity contribution in [3.05, 3.63) is 29.3 Å². The van der Waals surface area contributed by atoms with Gasteiger partial charge >= 0.3 is 0 Å². The Bertz CT molecular complexity index is 950. The molecule has 1 aromatic rings. The zero-order valence-electron chi connectivity index (χ0n) is 17.2. The van der Waals surface area contributed by atoms with E-state index in [0.29, 0.717) is 17.7 Å². The van der Waals surface area contributed by atoms with Crippen molar-refractivity contribution in [2.45, 2.75) is 56.2 Å². The number of rotatable bonds is 3. The predicted octanol–water partition coefficient (Wildman–Crippen LogP) is 0.801. The van der Waals surface area contributed by atoms with Crippen LogP contribution < -0.4 is 16.0 Å². The van der Waals surface area contributed by atoms with Gasteiger partial charge in [-0.05, 0) is 63.4 Å². The van der Waals surface area contributed by atoms with Gasteiger partial charge in [0.15, 0.2) is 0 Å². The summed E-state index contributed by atoms with van der Waals surface area (Å²) in [4.78, 5) is 50.5. The number of piperidine rings is 2. The van der Waals surface area contributed by atoms with E-state index < -0.39 is 23.8 Å². The second-order valence-electron chi connectivity index (χ2n) is 8.82. The van der Waals surface area contributed by atoms with Crippen molar-refractivity contribution in [3.8, 4) is 0 Å². The van der Waals surface area contributed by atoms with Gasteiger partial charge in [0.25, 0.3) is 11.8 Å². The third kappa shape index (κ3) is 3.61. The van der Waals surface area contributed by atoms with Crippen molar-refractivity contribution >= 4 is 29.3 Å². The molecule has 5 rings (SSSR count). The number of imide groups is 2. The summed E-state index contributed by atoms with van der Waals surface area (Å²) < 4.78 is 6.13. The maximum absolute atomic E-state index is 13.0. The van der Waals surface area contributed by atoms with Gasteiger partial charge < -0.3 is 15.4 Å². The van der Waals surface area contributed by atoms with E-state index in [2.05, 4.69) is 16.0 Å². The molecule has 3 saturated heterocycles. The van der Waals surface area contributed by atoms with Crippen LogP contribution in [-0.4, -0.2) is 65.9 Å². The summed E-state index contributed by atoms with van der Waals surface area (Å²) in [7, 11) is 0. The van der Waals surface area contributed by atoms with Gasteiger partial charge in [-0.3, -0.25) is 29.4 Å². The first kappa shape index (κ1) is 20.1. The van der Waals surface area contributed by atoms with Crippen LogP contribution in [0.4, 0.5) is 5.69 Å². The molecule has 2 atom stereocenters. The van der Waals surface area contributed by atoms with Crippen LogP contribution >= 0.6 is 0 Å². The molecular weight excluding hydrogens is 400 g/mol. The monoisotopic (exact) mass is 426 g/mol. The van der Waals surface area contributed by atoms with Gasteiger partial charge in [0.1, 0.15) is 6.04 Å². The van der Waals surface area contributed by atoms with E-state index in [9.17, 15) is 19.2 Å². The summed E-state index contributed by atoms with van der Waals surface area (Å²) in [6.45, 7) is 2.61. The number of amides is 4. The molecule has 4 amide bonds. The summed E-state index contributed by atoms with van der Waals surface area (Å²) in [5.41, 5.74) is 1.28. The zero-order chi connectivity index (χ0) is 21.6. The molecule has 3 fully saturated rings. The molecule has 0 radical (unpaired) electrons. The van der Waals surface area contributed by atoms with E-state index in [1.165, 1.54) is 0 Å². The fourth-order valence-electron chi connectivity index (χ4n) is 5.18. The molecule has 3 N–H and O–H groups in total. The van der Waals surface area contributed by atoms with E-state index in [-0.39, 0.29) is 30.4 Å². The van der Waals surface area contributed by atoms with E-state index >= 15 is 0 Å². The summed E-state index contributed by atoms with van der Waals surface area (Å²) in [5, 5.41) is 9.11. The number of nitrogens with one attached hydrogen (secondary N) is 3. The predicted molar refractivity (Wildman–Crippen MR) is 111 cm³/mol. The van der Waals surface area contributed by atoms with Crippen LogP contribution in [0.15, 0.2) is 18.2 Å². The van der Waals surface area contributed by atoms with Crippen molar-refractivity contribution < 1.29 is 23.9 Å². The summed E-state index contributed by atoms with van der Waals surface area (Å²) in [6.07, 6.45) is 4.02. The van der Waals surface area contributed by atoms with Crippen LogP contribution in [0, 0.1) is 0 Å². The number of hydrogen-bond donors (Lipinski definition) is 3. The molecule has 164 valence electrons. The van der Waals surface area contributed by atoms with Gasteiger partial charge in [0, 0.05) is 24.8 Å². The lowest BCUT2D eigenvalue weighted by Gasteiger charge is -2.44. The van der Waals surface area contributed by atoms with Crippen molar-refractivity contribution in [1.29, 1.82) is 0 Å². The molecule has 9 nitrogen and oxygen atoms in total. The Hall–Kier alpha value is -2.78. The SMILES string of the molecule is O=C1CCC(N2C(=O)c3ccc(NC4CCOC5(CCNCC5)C4)cc3C2=O)C(=O)N1. The normalized spacial score (nSPS) is 27.9. The van der Waals surface area contributed by atoms with Gasteiger partial charge in [-0.2, -0.15) is 0 Å². The average Bonchev–Trinajstić information content (AvgIpc) is 2.99. The van der Waals surface area contributed by atoms with E-state index in [0.717, 1.165) is 49.4 Å². The smallest absolute Gasteiger partial charge is 0.262 e. The highest BCUT2D eigenvalue weighted by molar-refractivity contribution is 6.23. The summed E-state index contributed by atoms with van der Waals surface area (Å²) >= 11 is 0. The molecule has 4 heterocycles. The molecule has 1 aromatic carbocycles. The van der Waals surface area contributed by atoms with Gasteiger partial charge in [-0.15, -0.1) is 0 Å². The highest BCUT2D eigenvalue weighted by Crippen LogP contribution is 2.35. The van der Waals surface area contributed by atoms with Crippen LogP contribution in [0.2, 0.25) is 0 Å². The Morgan fingerprint density at radius 2 is 1.81 bits per heavy atom. The number of anilines is 1. The molecule has 2 unspecified atom stereocenters. The van der Waals surface area contributed by atoms with Gasteiger partial charge in [0.05, 0.1) is 16.7 Å². The Morgan fingerprint density at radius 3 is 2.58 bits per heavy atom. The molecule has 31 heavy (non-hydrogen) atoms. The second-order valence-corrected chi connectivity index (χ2v) is 8.82. The van der Waals surface area contributed by atoms with E-state index in [1.54, 1.807) is 12.1 Å². The maximum Gasteiger partial charge on any atom is 0.262 e. The summed E-state index contributed by atoms with van der Waals surface area (Å²) in [5.74, 6) is -1.95. The minimum Gasteiger partial charge on any atom is -0.382 e. The standard InChI is InChI=1S/C22H26N4O5/c27-18-4-3-17(19(28)25-18)26-20(29)15-2-1-13(11-16(15)21(26)30)24-14-5-10-31-22(12-14)6-8-23-9-7-22/h1-2,11,14,17,23-24H,3-10,12H2,(H,25,27,28).